The molecule has 0 heterocycles. The Balaban J connectivity index is 4.48. The predicted molar refractivity (Wildman–Crippen MR) is 352 cm³/mol. The molecular formula is C75H116O6. The van der Waals surface area contributed by atoms with Crippen LogP contribution >= 0.6 is 0 Å². The first-order valence-corrected chi connectivity index (χ1v) is 32.3. The monoisotopic (exact) mass is 1110 g/mol. The van der Waals surface area contributed by atoms with Gasteiger partial charge in [0.1, 0.15) is 13.2 Å². The number of esters is 3. The lowest BCUT2D eigenvalue weighted by atomic mass is 10.1. The third-order valence-electron chi connectivity index (χ3n) is 12.9. The summed E-state index contributed by atoms with van der Waals surface area (Å²) >= 11 is 0. The van der Waals surface area contributed by atoms with E-state index in [-0.39, 0.29) is 37.5 Å². The zero-order chi connectivity index (χ0) is 58.5. The lowest BCUT2D eigenvalue weighted by Crippen LogP contribution is -2.30. The molecule has 0 saturated heterocycles. The van der Waals surface area contributed by atoms with E-state index in [0.717, 1.165) is 173 Å². The zero-order valence-corrected chi connectivity index (χ0v) is 51.7. The van der Waals surface area contributed by atoms with E-state index in [4.69, 9.17) is 14.2 Å². The number of carbonyl (C=O) groups excluding carboxylic acids is 3. The SMILES string of the molecule is CC/C=C\C/C=C\C/C=C\C/C=C\C/C=C\C/C=C\CCCCCCCCCCC(=O)OCC(COC(=O)CCCC/C=C\C/C=C\C/C=C\C/C=C\CC)OC(=O)CCCCCCC/C=C\C/C=C\C/C=C\C/C=C\C/C=C\CC. The Bertz CT molecular complexity index is 1900. The summed E-state index contributed by atoms with van der Waals surface area (Å²) in [7, 11) is 0. The van der Waals surface area contributed by atoms with Gasteiger partial charge in [-0.25, -0.2) is 0 Å². The number of carbonyl (C=O) groups is 3. The van der Waals surface area contributed by atoms with Gasteiger partial charge in [0.2, 0.25) is 0 Å². The Kier molecular flexibility index (Phi) is 62.5. The maximum Gasteiger partial charge on any atom is 0.306 e. The highest BCUT2D eigenvalue weighted by atomic mass is 16.6. The average Bonchev–Trinajstić information content (AvgIpc) is 3.47. The van der Waals surface area contributed by atoms with Crippen molar-refractivity contribution in [3.63, 3.8) is 0 Å². The molecule has 1 atom stereocenters. The van der Waals surface area contributed by atoms with Crippen LogP contribution in [0.1, 0.15) is 252 Å². The summed E-state index contributed by atoms with van der Waals surface area (Å²) in [4.78, 5) is 38.4. The summed E-state index contributed by atoms with van der Waals surface area (Å²) in [5, 5.41) is 0. The van der Waals surface area contributed by atoms with Crippen LogP contribution in [-0.4, -0.2) is 37.2 Å². The molecule has 6 nitrogen and oxygen atoms in total. The summed E-state index contributed by atoms with van der Waals surface area (Å²) in [6, 6.07) is 0. The first-order valence-electron chi connectivity index (χ1n) is 32.3. The molecule has 1 unspecified atom stereocenters. The average molecular weight is 1110 g/mol. The van der Waals surface area contributed by atoms with Gasteiger partial charge in [0.25, 0.3) is 0 Å². The molecule has 0 rings (SSSR count). The summed E-state index contributed by atoms with van der Waals surface area (Å²) < 4.78 is 16.9. The molecule has 0 amide bonds. The van der Waals surface area contributed by atoms with E-state index in [1.54, 1.807) is 0 Å². The van der Waals surface area contributed by atoms with Gasteiger partial charge in [-0.05, 0) is 154 Å². The topological polar surface area (TPSA) is 78.9 Å². The van der Waals surface area contributed by atoms with Crippen LogP contribution in [-0.2, 0) is 28.6 Å². The number of unbranched alkanes of at least 4 members (excludes halogenated alkanes) is 15. The number of ether oxygens (including phenoxy) is 3. The summed E-state index contributed by atoms with van der Waals surface area (Å²) in [6.45, 7) is 6.23. The number of allylic oxidation sites excluding steroid dienone is 30. The minimum absolute atomic E-state index is 0.113. The molecular weight excluding hydrogens is 997 g/mol. The summed E-state index contributed by atoms with van der Waals surface area (Å²) in [5.41, 5.74) is 0. The maximum atomic E-state index is 12.9. The minimum Gasteiger partial charge on any atom is -0.462 e. The van der Waals surface area contributed by atoms with Gasteiger partial charge < -0.3 is 14.2 Å². The summed E-state index contributed by atoms with van der Waals surface area (Å²) in [5.74, 6) is -0.989. The van der Waals surface area contributed by atoms with Crippen molar-refractivity contribution in [3.05, 3.63) is 182 Å². The Morgan fingerprint density at radius 2 is 0.444 bits per heavy atom. The number of rotatable bonds is 56. The molecule has 0 aromatic rings. The van der Waals surface area contributed by atoms with Crippen molar-refractivity contribution in [2.45, 2.75) is 258 Å². The first kappa shape index (κ1) is 75.5. The molecule has 452 valence electrons. The van der Waals surface area contributed by atoms with Crippen LogP contribution in [0.15, 0.2) is 182 Å². The Hall–Kier alpha value is -5.49. The molecule has 0 aliphatic rings. The molecule has 81 heavy (non-hydrogen) atoms. The fraction of sp³-hybridized carbons (Fsp3) is 0.560. The largest absolute Gasteiger partial charge is 0.462 e. The van der Waals surface area contributed by atoms with E-state index in [1.165, 1.54) is 32.1 Å². The highest BCUT2D eigenvalue weighted by Gasteiger charge is 2.19. The van der Waals surface area contributed by atoms with Gasteiger partial charge in [-0.1, -0.05) is 261 Å². The lowest BCUT2D eigenvalue weighted by Gasteiger charge is -2.18. The molecule has 0 fully saturated rings. The standard InChI is InChI=1S/C75H116O6/c1-4-7-10-13-16-19-22-25-28-30-32-34-35-36-37-38-39-41-42-44-47-50-53-56-59-62-65-68-74(77)80-71-72(70-79-73(76)67-64-61-58-55-52-49-46-27-24-21-18-15-12-9-6-3)81-75(78)69-66-63-60-57-54-51-48-45-43-40-33-31-29-26-23-20-17-14-11-8-5-2/h7-12,16-21,25-29,32-34,36-37,39-41,45-46,48,52,55,72H,4-6,13-15,22-24,30-31,35,38,42-44,47,49-51,53-54,56-71H2,1-3H3/b10-7-,11-8-,12-9-,19-16-,20-17-,21-18-,28-25-,29-26-,34-32-,37-36-,40-33-,41-39-,46-27-,48-45-,55-52-. The molecule has 0 saturated carbocycles. The fourth-order valence-electron chi connectivity index (χ4n) is 8.17. The molecule has 0 spiro atoms. The molecule has 0 radical (unpaired) electrons. The van der Waals surface area contributed by atoms with Crippen molar-refractivity contribution >= 4 is 17.9 Å². The van der Waals surface area contributed by atoms with Crippen LogP contribution in [0.4, 0.5) is 0 Å². The van der Waals surface area contributed by atoms with Crippen LogP contribution in [0.2, 0.25) is 0 Å². The molecule has 0 aromatic heterocycles. The highest BCUT2D eigenvalue weighted by molar-refractivity contribution is 5.71. The van der Waals surface area contributed by atoms with E-state index in [1.807, 2.05) is 0 Å². The van der Waals surface area contributed by atoms with Gasteiger partial charge in [-0.15, -0.1) is 0 Å². The Labute approximate surface area is 497 Å². The fourth-order valence-corrected chi connectivity index (χ4v) is 8.17. The minimum atomic E-state index is -0.822. The smallest absolute Gasteiger partial charge is 0.306 e. The number of hydrogen-bond acceptors (Lipinski definition) is 6. The van der Waals surface area contributed by atoms with Crippen molar-refractivity contribution < 1.29 is 28.6 Å². The zero-order valence-electron chi connectivity index (χ0n) is 51.7. The third-order valence-corrected chi connectivity index (χ3v) is 12.9. The van der Waals surface area contributed by atoms with E-state index >= 15 is 0 Å². The van der Waals surface area contributed by atoms with Crippen LogP contribution < -0.4 is 0 Å². The van der Waals surface area contributed by atoms with E-state index < -0.39 is 6.10 Å². The first-order chi connectivity index (χ1) is 40.0. The van der Waals surface area contributed by atoms with E-state index in [2.05, 4.69) is 203 Å². The van der Waals surface area contributed by atoms with Crippen LogP contribution in [0, 0.1) is 0 Å². The second-order valence-corrected chi connectivity index (χ2v) is 20.5. The molecule has 0 aliphatic heterocycles. The van der Waals surface area contributed by atoms with Crippen molar-refractivity contribution in [1.82, 2.24) is 0 Å². The van der Waals surface area contributed by atoms with Crippen LogP contribution in [0.5, 0.6) is 0 Å². The molecule has 0 aliphatic carbocycles. The molecule has 6 heteroatoms. The van der Waals surface area contributed by atoms with Crippen molar-refractivity contribution in [2.75, 3.05) is 13.2 Å². The van der Waals surface area contributed by atoms with Crippen molar-refractivity contribution in [2.24, 2.45) is 0 Å². The predicted octanol–water partition coefficient (Wildman–Crippen LogP) is 22.4. The van der Waals surface area contributed by atoms with Gasteiger partial charge in [0.05, 0.1) is 0 Å². The number of hydrogen-bond donors (Lipinski definition) is 0. The van der Waals surface area contributed by atoms with Gasteiger partial charge in [-0.3, -0.25) is 14.4 Å². The molecule has 0 N–H and O–H groups in total. The van der Waals surface area contributed by atoms with Crippen molar-refractivity contribution in [1.29, 1.82) is 0 Å². The quantitative estimate of drug-likeness (QED) is 0.0261. The second kappa shape index (κ2) is 67.0. The van der Waals surface area contributed by atoms with Gasteiger partial charge in [0.15, 0.2) is 6.10 Å². The van der Waals surface area contributed by atoms with E-state index in [0.29, 0.717) is 19.3 Å². The van der Waals surface area contributed by atoms with E-state index in [9.17, 15) is 14.4 Å². The van der Waals surface area contributed by atoms with Crippen LogP contribution in [0.25, 0.3) is 0 Å². The van der Waals surface area contributed by atoms with Crippen molar-refractivity contribution in [3.8, 4) is 0 Å². The van der Waals surface area contributed by atoms with Gasteiger partial charge in [0, 0.05) is 19.3 Å². The normalized spacial score (nSPS) is 13.4. The summed E-state index contributed by atoms with van der Waals surface area (Å²) in [6.07, 6.45) is 100. The van der Waals surface area contributed by atoms with Gasteiger partial charge in [-0.2, -0.15) is 0 Å². The third kappa shape index (κ3) is 65.2. The van der Waals surface area contributed by atoms with Gasteiger partial charge >= 0.3 is 17.9 Å². The Morgan fingerprint density at radius 1 is 0.247 bits per heavy atom. The lowest BCUT2D eigenvalue weighted by molar-refractivity contribution is -0.167. The molecule has 0 aromatic carbocycles. The second-order valence-electron chi connectivity index (χ2n) is 20.5. The maximum absolute atomic E-state index is 12.9. The Morgan fingerprint density at radius 3 is 0.716 bits per heavy atom. The van der Waals surface area contributed by atoms with Crippen LogP contribution in [0.3, 0.4) is 0 Å². The molecule has 0 bridgehead atoms. The highest BCUT2D eigenvalue weighted by Crippen LogP contribution is 2.14.